The van der Waals surface area contributed by atoms with Crippen LogP contribution in [0.5, 0.6) is 0 Å². The molecule has 0 bridgehead atoms. The lowest BCUT2D eigenvalue weighted by Crippen LogP contribution is -3.00. The first kappa shape index (κ1) is 47.9. The highest BCUT2D eigenvalue weighted by Gasteiger charge is 2.00. The smallest absolute Gasteiger partial charge is 0.243 e. The molecule has 0 unspecified atom stereocenters. The van der Waals surface area contributed by atoms with Gasteiger partial charge in [-0.3, -0.25) is 0 Å². The third kappa shape index (κ3) is 28.5. The van der Waals surface area contributed by atoms with Gasteiger partial charge in [-0.15, -0.1) is 0 Å². The van der Waals surface area contributed by atoms with Crippen LogP contribution in [0.3, 0.4) is 0 Å². The monoisotopic (exact) mass is 690 g/mol. The van der Waals surface area contributed by atoms with Crippen LogP contribution in [0.15, 0.2) is 56.2 Å². The van der Waals surface area contributed by atoms with Crippen LogP contribution in [0.2, 0.25) is 0 Å². The van der Waals surface area contributed by atoms with Crippen molar-refractivity contribution in [2.75, 3.05) is 0 Å². The van der Waals surface area contributed by atoms with Crippen LogP contribution in [0.25, 0.3) is 0 Å². The van der Waals surface area contributed by atoms with Crippen LogP contribution in [-0.2, 0) is 40.8 Å². The van der Waals surface area contributed by atoms with Crippen LogP contribution in [-0.4, -0.2) is 13.7 Å². The molecule has 0 aliphatic heterocycles. The molecule has 9 heteroatoms. The summed E-state index contributed by atoms with van der Waals surface area (Å²) in [5.41, 5.74) is 0. The van der Waals surface area contributed by atoms with E-state index in [1.165, 1.54) is 135 Å². The Morgan fingerprint density at radius 2 is 0.578 bits per heavy atom. The molecule has 3 heterocycles. The van der Waals surface area contributed by atoms with Gasteiger partial charge in [0.05, 0.1) is 40.8 Å². The number of unbranched alkanes of at least 4 members (excludes halogenated alkanes) is 15. The fourth-order valence-corrected chi connectivity index (χ4v) is 5.13. The van der Waals surface area contributed by atoms with E-state index in [-0.39, 0.29) is 37.2 Å². The summed E-state index contributed by atoms with van der Waals surface area (Å²) in [5, 5.41) is 0. The standard InChI is InChI=1S/C14H27N2.C12H23N2.C10H19N2.3ClH/c1-3-4-5-6-7-8-9-10-11-16-13-12-15(2)14-16;1-3-4-5-6-7-8-9-14-11-10-13(2)12-14;1-3-4-5-6-7-12-9-8-11(2)10-12;;;/h12-14H,3-11H2,1-2H3;10-12H,3-9H2,1-2H3;8-10H,3-7H2,1-2H3;3*1H/q3*+1;;;/p-3. The van der Waals surface area contributed by atoms with Gasteiger partial charge < -0.3 is 37.2 Å². The average Bonchev–Trinajstić information content (AvgIpc) is 3.72. The fraction of sp³-hybridized carbons (Fsp3) is 0.750. The Hall–Kier alpha value is -1.50. The zero-order valence-electron chi connectivity index (χ0n) is 29.9. The molecule has 0 amide bonds. The minimum Gasteiger partial charge on any atom is -1.00 e. The second-order valence-electron chi connectivity index (χ2n) is 12.3. The van der Waals surface area contributed by atoms with Gasteiger partial charge in [-0.2, -0.15) is 0 Å². The van der Waals surface area contributed by atoms with E-state index < -0.39 is 0 Å². The van der Waals surface area contributed by atoms with Crippen LogP contribution < -0.4 is 50.9 Å². The summed E-state index contributed by atoms with van der Waals surface area (Å²) in [6.45, 7) is 10.3. The van der Waals surface area contributed by atoms with Gasteiger partial charge >= 0.3 is 0 Å². The van der Waals surface area contributed by atoms with Crippen LogP contribution >= 0.6 is 0 Å². The van der Waals surface area contributed by atoms with Gasteiger partial charge in [-0.1, -0.05) is 97.8 Å². The van der Waals surface area contributed by atoms with E-state index in [0.29, 0.717) is 0 Å². The summed E-state index contributed by atoms with van der Waals surface area (Å²) in [6.07, 6.45) is 43.9. The van der Waals surface area contributed by atoms with Crippen LogP contribution in [0.1, 0.15) is 136 Å². The summed E-state index contributed by atoms with van der Waals surface area (Å²) in [5.74, 6) is 0. The number of aromatic nitrogens is 6. The van der Waals surface area contributed by atoms with Crippen LogP contribution in [0, 0.1) is 0 Å². The highest BCUT2D eigenvalue weighted by molar-refractivity contribution is 4.67. The third-order valence-electron chi connectivity index (χ3n) is 7.78. The second kappa shape index (κ2) is 33.9. The Kier molecular flexibility index (Phi) is 36.0. The van der Waals surface area contributed by atoms with Gasteiger partial charge in [0, 0.05) is 0 Å². The Bertz CT molecular complexity index is 985. The molecule has 45 heavy (non-hydrogen) atoms. The van der Waals surface area contributed by atoms with Gasteiger partial charge in [0.25, 0.3) is 0 Å². The molecule has 0 radical (unpaired) electrons. The zero-order valence-corrected chi connectivity index (χ0v) is 32.1. The van der Waals surface area contributed by atoms with E-state index in [9.17, 15) is 0 Å². The third-order valence-corrected chi connectivity index (χ3v) is 7.78. The van der Waals surface area contributed by atoms with Crippen molar-refractivity contribution in [2.24, 2.45) is 21.1 Å². The van der Waals surface area contributed by atoms with E-state index in [1.54, 1.807) is 0 Å². The molecule has 0 aromatic carbocycles. The van der Waals surface area contributed by atoms with Gasteiger partial charge in [0.2, 0.25) is 19.0 Å². The second-order valence-corrected chi connectivity index (χ2v) is 12.3. The maximum Gasteiger partial charge on any atom is 0.243 e. The maximum absolute atomic E-state index is 2.27. The quantitative estimate of drug-likeness (QED) is 0.102. The van der Waals surface area contributed by atoms with Crippen molar-refractivity contribution < 1.29 is 50.9 Å². The van der Waals surface area contributed by atoms with Crippen molar-refractivity contribution in [3.05, 3.63) is 56.2 Å². The highest BCUT2D eigenvalue weighted by Crippen LogP contribution is 2.09. The predicted molar refractivity (Wildman–Crippen MR) is 177 cm³/mol. The molecule has 3 aromatic rings. The molecule has 0 saturated carbocycles. The first-order valence-electron chi connectivity index (χ1n) is 17.5. The minimum atomic E-state index is 0. The van der Waals surface area contributed by atoms with E-state index in [1.807, 2.05) is 0 Å². The molecule has 3 rings (SSSR count). The summed E-state index contributed by atoms with van der Waals surface area (Å²) in [4.78, 5) is 0. The zero-order chi connectivity index (χ0) is 30.7. The number of nitrogens with zero attached hydrogens (tertiary/aromatic N) is 6. The van der Waals surface area contributed by atoms with Crippen molar-refractivity contribution in [3.8, 4) is 0 Å². The molecule has 0 spiro atoms. The fourth-order valence-electron chi connectivity index (χ4n) is 5.13. The molecule has 0 aliphatic rings. The lowest BCUT2D eigenvalue weighted by molar-refractivity contribution is -0.671. The molecular formula is C36H69Cl3N6. The van der Waals surface area contributed by atoms with E-state index in [4.69, 9.17) is 0 Å². The normalized spacial score (nSPS) is 10.0. The lowest BCUT2D eigenvalue weighted by atomic mass is 10.1. The first-order chi connectivity index (χ1) is 20.5. The van der Waals surface area contributed by atoms with Crippen molar-refractivity contribution in [3.63, 3.8) is 0 Å². The van der Waals surface area contributed by atoms with E-state index in [0.717, 1.165) is 0 Å². The average molecular weight is 692 g/mol. The van der Waals surface area contributed by atoms with Crippen molar-refractivity contribution in [1.29, 1.82) is 0 Å². The molecule has 3 aromatic heterocycles. The van der Waals surface area contributed by atoms with Crippen LogP contribution in [0.4, 0.5) is 0 Å². The number of aryl methyl sites for hydroxylation is 6. The van der Waals surface area contributed by atoms with Gasteiger partial charge in [-0.05, 0) is 38.5 Å². The van der Waals surface area contributed by atoms with Gasteiger partial charge in [0.15, 0.2) is 0 Å². The largest absolute Gasteiger partial charge is 1.00 e. The summed E-state index contributed by atoms with van der Waals surface area (Å²) in [6, 6.07) is 0. The van der Waals surface area contributed by atoms with Crippen molar-refractivity contribution >= 4 is 0 Å². The minimum absolute atomic E-state index is 0. The van der Waals surface area contributed by atoms with Gasteiger partial charge in [0.1, 0.15) is 37.2 Å². The van der Waals surface area contributed by atoms with Gasteiger partial charge in [-0.25, -0.2) is 27.4 Å². The van der Waals surface area contributed by atoms with E-state index in [2.05, 4.69) is 125 Å². The Labute approximate surface area is 296 Å². The molecular weight excluding hydrogens is 623 g/mol. The van der Waals surface area contributed by atoms with Crippen molar-refractivity contribution in [2.45, 2.75) is 156 Å². The Morgan fingerprint density at radius 3 is 0.800 bits per heavy atom. The van der Waals surface area contributed by atoms with Crippen molar-refractivity contribution in [1.82, 2.24) is 13.7 Å². The molecule has 264 valence electrons. The molecule has 0 fully saturated rings. The topological polar surface area (TPSA) is 26.4 Å². The Morgan fingerprint density at radius 1 is 0.356 bits per heavy atom. The molecule has 6 nitrogen and oxygen atoms in total. The SMILES string of the molecule is CCCCCCCCCCn1cc[n+](C)c1.CCCCCCCCn1cc[n+](C)c1.CCCCCCn1cc[n+](C)c1.[Cl-].[Cl-].[Cl-]. The number of hydrogen-bond acceptors (Lipinski definition) is 0. The molecule has 0 N–H and O–H groups in total. The molecule has 0 aliphatic carbocycles. The Balaban J connectivity index is -0.000000574. The lowest BCUT2D eigenvalue weighted by Gasteiger charge is -2.00. The molecule has 0 atom stereocenters. The summed E-state index contributed by atoms with van der Waals surface area (Å²) < 4.78 is 13.1. The predicted octanol–water partition coefficient (Wildman–Crippen LogP) is -0.969. The number of imidazole rings is 3. The first-order valence-corrected chi connectivity index (χ1v) is 17.5. The van der Waals surface area contributed by atoms with E-state index >= 15 is 0 Å². The number of rotatable bonds is 21. The number of hydrogen-bond donors (Lipinski definition) is 0. The summed E-state index contributed by atoms with van der Waals surface area (Å²) >= 11 is 0. The summed E-state index contributed by atoms with van der Waals surface area (Å²) in [7, 11) is 6.20. The molecule has 0 saturated heterocycles. The maximum atomic E-state index is 2.27. The highest BCUT2D eigenvalue weighted by atomic mass is 35.5. The number of halogens is 3.